The van der Waals surface area contributed by atoms with Crippen LogP contribution in [0.25, 0.3) is 16.7 Å². The number of aromatic nitrogens is 3. The first kappa shape index (κ1) is 29.6. The maximum Gasteiger partial charge on any atom is 0.429 e. The van der Waals surface area contributed by atoms with E-state index in [-0.39, 0.29) is 17.8 Å². The molecule has 0 unspecified atom stereocenters. The number of benzene rings is 2. The Labute approximate surface area is 232 Å². The molecule has 0 fully saturated rings. The summed E-state index contributed by atoms with van der Waals surface area (Å²) in [5.41, 5.74) is 1.12. The fraction of sp³-hybridized carbons (Fsp3) is 0.276. The second-order valence-electron chi connectivity index (χ2n) is 9.22. The third-order valence-corrected chi connectivity index (χ3v) is 6.37. The van der Waals surface area contributed by atoms with E-state index in [1.54, 1.807) is 42.8 Å². The zero-order chi connectivity index (χ0) is 29.9. The summed E-state index contributed by atoms with van der Waals surface area (Å²) in [6.07, 6.45) is -7.34. The van der Waals surface area contributed by atoms with E-state index in [2.05, 4.69) is 20.3 Å². The molecular formula is C29H27F6N5O. The van der Waals surface area contributed by atoms with E-state index in [1.807, 2.05) is 6.92 Å². The van der Waals surface area contributed by atoms with E-state index in [1.165, 1.54) is 31.3 Å². The number of anilines is 2. The summed E-state index contributed by atoms with van der Waals surface area (Å²) in [6.45, 7) is 4.94. The van der Waals surface area contributed by atoms with Gasteiger partial charge in [-0.1, -0.05) is 13.8 Å². The molecule has 2 heterocycles. The largest absolute Gasteiger partial charge is 0.457 e. The van der Waals surface area contributed by atoms with Gasteiger partial charge in [0.25, 0.3) is 0 Å². The Morgan fingerprint density at radius 2 is 1.61 bits per heavy atom. The van der Waals surface area contributed by atoms with E-state index < -0.39 is 23.6 Å². The number of nitrogens with one attached hydrogen (secondary N) is 1. The molecule has 0 spiro atoms. The molecular weight excluding hydrogens is 548 g/mol. The van der Waals surface area contributed by atoms with Crippen LogP contribution in [0.1, 0.15) is 44.9 Å². The lowest BCUT2D eigenvalue weighted by molar-refractivity contribution is -0.137. The van der Waals surface area contributed by atoms with Crippen molar-refractivity contribution in [2.24, 2.45) is 12.0 Å². The van der Waals surface area contributed by atoms with Gasteiger partial charge in [-0.3, -0.25) is 4.98 Å². The van der Waals surface area contributed by atoms with Gasteiger partial charge in [-0.05, 0) is 67.8 Å². The number of nitrogens with zero attached hydrogens (tertiary/aromatic N) is 4. The van der Waals surface area contributed by atoms with E-state index in [0.717, 1.165) is 17.6 Å². The van der Waals surface area contributed by atoms with Gasteiger partial charge in [0.15, 0.2) is 0 Å². The molecule has 0 aliphatic carbocycles. The van der Waals surface area contributed by atoms with Crippen molar-refractivity contribution in [1.29, 1.82) is 0 Å². The number of ether oxygens (including phenoxy) is 1. The second-order valence-corrected chi connectivity index (χ2v) is 9.22. The highest BCUT2D eigenvalue weighted by Crippen LogP contribution is 2.33. The summed E-state index contributed by atoms with van der Waals surface area (Å²) in [6, 6.07) is 12.9. The minimum absolute atomic E-state index is 0.145. The van der Waals surface area contributed by atoms with Crippen molar-refractivity contribution in [3.8, 4) is 11.5 Å². The smallest absolute Gasteiger partial charge is 0.429 e. The highest BCUT2D eigenvalue weighted by atomic mass is 19.4. The van der Waals surface area contributed by atoms with E-state index in [4.69, 9.17) is 4.74 Å². The Balaban J connectivity index is 1.60. The van der Waals surface area contributed by atoms with Crippen LogP contribution in [0.2, 0.25) is 0 Å². The number of aryl methyl sites for hydroxylation is 1. The molecule has 0 saturated heterocycles. The quantitative estimate of drug-likeness (QED) is 0.168. The normalized spacial score (nSPS) is 13.4. The predicted molar refractivity (Wildman–Crippen MR) is 146 cm³/mol. The van der Waals surface area contributed by atoms with Gasteiger partial charge >= 0.3 is 12.4 Å². The van der Waals surface area contributed by atoms with Gasteiger partial charge < -0.3 is 14.6 Å². The topological polar surface area (TPSA) is 64.3 Å². The molecule has 0 aliphatic rings. The summed E-state index contributed by atoms with van der Waals surface area (Å²) < 4.78 is 86.6. The number of rotatable bonds is 8. The molecule has 0 atom stereocenters. The molecule has 4 aromatic rings. The lowest BCUT2D eigenvalue weighted by Crippen LogP contribution is -2.22. The molecule has 0 aliphatic heterocycles. The van der Waals surface area contributed by atoms with E-state index in [0.29, 0.717) is 40.6 Å². The highest BCUT2D eigenvalue weighted by Gasteiger charge is 2.34. The molecule has 0 bridgehead atoms. The third-order valence-electron chi connectivity index (χ3n) is 6.37. The van der Waals surface area contributed by atoms with Crippen molar-refractivity contribution in [2.45, 2.75) is 46.0 Å². The van der Waals surface area contributed by atoms with Crippen molar-refractivity contribution >= 4 is 34.1 Å². The van der Waals surface area contributed by atoms with Crippen molar-refractivity contribution in [2.75, 3.05) is 5.32 Å². The SMILES string of the molecule is CCC(=N/C(=C(\C)CC)c1cc(Oc2ccc3c(c2)nc(Nc2ccc(C(F)(F)F)cc2)n3C)ccn1)C(F)(F)F. The molecule has 41 heavy (non-hydrogen) atoms. The molecule has 0 amide bonds. The van der Waals surface area contributed by atoms with Crippen LogP contribution >= 0.6 is 0 Å². The van der Waals surface area contributed by atoms with Crippen LogP contribution in [0.15, 0.2) is 71.4 Å². The van der Waals surface area contributed by atoms with Crippen molar-refractivity contribution in [3.63, 3.8) is 0 Å². The number of hydrogen-bond donors (Lipinski definition) is 1. The molecule has 4 rings (SSSR count). The van der Waals surface area contributed by atoms with Crippen molar-refractivity contribution in [1.82, 2.24) is 14.5 Å². The Morgan fingerprint density at radius 3 is 2.22 bits per heavy atom. The molecule has 6 nitrogen and oxygen atoms in total. The zero-order valence-electron chi connectivity index (χ0n) is 22.7. The minimum atomic E-state index is -4.56. The maximum atomic E-state index is 13.4. The predicted octanol–water partition coefficient (Wildman–Crippen LogP) is 9.08. The van der Waals surface area contributed by atoms with E-state index in [9.17, 15) is 26.3 Å². The Kier molecular flexibility index (Phi) is 8.41. The summed E-state index contributed by atoms with van der Waals surface area (Å²) in [5, 5.41) is 3.01. The average Bonchev–Trinajstić information content (AvgIpc) is 3.22. The van der Waals surface area contributed by atoms with Crippen LogP contribution in [0.4, 0.5) is 38.0 Å². The van der Waals surface area contributed by atoms with Crippen LogP contribution < -0.4 is 10.1 Å². The molecule has 2 aromatic carbocycles. The number of hydrogen-bond acceptors (Lipinski definition) is 5. The number of fused-ring (bicyclic) bond motifs is 1. The number of aliphatic imine (C=N–C) groups is 1. The second kappa shape index (κ2) is 11.6. The number of allylic oxidation sites excluding steroid dienone is 1. The van der Waals surface area contributed by atoms with Crippen molar-refractivity contribution < 1.29 is 31.1 Å². The first-order valence-electron chi connectivity index (χ1n) is 12.7. The molecule has 0 saturated carbocycles. The lowest BCUT2D eigenvalue weighted by atomic mass is 10.1. The Hall–Kier alpha value is -4.35. The Morgan fingerprint density at radius 1 is 0.927 bits per heavy atom. The number of imidazole rings is 1. The molecule has 0 radical (unpaired) electrons. The summed E-state index contributed by atoms with van der Waals surface area (Å²) in [5.74, 6) is 1.16. The van der Waals surface area contributed by atoms with Crippen LogP contribution in [-0.2, 0) is 13.2 Å². The first-order valence-corrected chi connectivity index (χ1v) is 12.7. The Bertz CT molecular complexity index is 1600. The lowest BCUT2D eigenvalue weighted by Gasteiger charge is -2.13. The highest BCUT2D eigenvalue weighted by molar-refractivity contribution is 5.94. The summed E-state index contributed by atoms with van der Waals surface area (Å²) >= 11 is 0. The van der Waals surface area contributed by atoms with Gasteiger partial charge in [-0.2, -0.15) is 26.3 Å². The number of alkyl halides is 6. The number of pyridine rings is 1. The maximum absolute atomic E-state index is 13.4. The molecule has 2 aromatic heterocycles. The monoisotopic (exact) mass is 575 g/mol. The van der Waals surface area contributed by atoms with Gasteiger partial charge in [0.2, 0.25) is 5.95 Å². The number of halogens is 6. The summed E-state index contributed by atoms with van der Waals surface area (Å²) in [4.78, 5) is 12.7. The average molecular weight is 576 g/mol. The van der Waals surface area contributed by atoms with Crippen LogP contribution in [-0.4, -0.2) is 26.4 Å². The van der Waals surface area contributed by atoms with E-state index >= 15 is 0 Å². The van der Waals surface area contributed by atoms with Gasteiger partial charge in [0.1, 0.15) is 17.2 Å². The van der Waals surface area contributed by atoms with Gasteiger partial charge in [-0.25, -0.2) is 9.98 Å². The third kappa shape index (κ3) is 6.87. The van der Waals surface area contributed by atoms with Crippen LogP contribution in [0.5, 0.6) is 11.5 Å². The summed E-state index contributed by atoms with van der Waals surface area (Å²) in [7, 11) is 1.76. The van der Waals surface area contributed by atoms with Gasteiger partial charge in [0, 0.05) is 31.1 Å². The van der Waals surface area contributed by atoms with Crippen molar-refractivity contribution in [3.05, 3.63) is 77.6 Å². The minimum Gasteiger partial charge on any atom is -0.457 e. The first-order chi connectivity index (χ1) is 19.3. The fourth-order valence-electron chi connectivity index (χ4n) is 3.98. The molecule has 12 heteroatoms. The van der Waals surface area contributed by atoms with Crippen LogP contribution in [0, 0.1) is 0 Å². The molecule has 216 valence electrons. The zero-order valence-corrected chi connectivity index (χ0v) is 22.7. The standard InChI is InChI=1S/C29H27F6N5O/c1-5-17(3)26(39-25(6-2)29(33,34)35)23-16-21(13-14-36-23)41-20-11-12-24-22(15-20)38-27(40(24)4)37-19-9-7-18(8-10-19)28(30,31)32/h7-16H,5-6H2,1-4H3,(H,37,38)/b26-17+,39-25?. The van der Waals surface area contributed by atoms with Gasteiger partial charge in [0.05, 0.1) is 28.0 Å². The van der Waals surface area contributed by atoms with Crippen LogP contribution in [0.3, 0.4) is 0 Å². The fourth-order valence-corrected chi connectivity index (χ4v) is 3.98. The van der Waals surface area contributed by atoms with Gasteiger partial charge in [-0.15, -0.1) is 0 Å². The molecule has 1 N–H and O–H groups in total.